The molecule has 0 aromatic carbocycles. The molecule has 0 saturated heterocycles. The monoisotopic (exact) mass is 515 g/mol. The van der Waals surface area contributed by atoms with E-state index in [0.717, 1.165) is 12.8 Å². The van der Waals surface area contributed by atoms with Crippen molar-refractivity contribution >= 4 is 17.8 Å². The fourth-order valence-electron chi connectivity index (χ4n) is 3.91. The molecule has 0 aliphatic heterocycles. The Morgan fingerprint density at radius 2 is 1.14 bits per heavy atom. The summed E-state index contributed by atoms with van der Waals surface area (Å²) in [5.74, 6) is -1.99. The van der Waals surface area contributed by atoms with E-state index in [2.05, 4.69) is 24.1 Å². The van der Waals surface area contributed by atoms with Crippen LogP contribution in [0.2, 0.25) is 0 Å². The fraction of sp³-hybridized carbons (Fsp3) is 0.893. The molecule has 0 aliphatic carbocycles. The predicted molar refractivity (Wildman–Crippen MR) is 148 cm³/mol. The topological polar surface area (TPSA) is 133 Å². The van der Waals surface area contributed by atoms with Gasteiger partial charge in [-0.15, -0.1) is 0 Å². The highest BCUT2D eigenvalue weighted by atomic mass is 16.4. The van der Waals surface area contributed by atoms with Crippen molar-refractivity contribution in [3.63, 3.8) is 0 Å². The molecule has 5 N–H and O–H groups in total. The van der Waals surface area contributed by atoms with Crippen molar-refractivity contribution in [3.8, 4) is 0 Å². The Kier molecular flexibility index (Phi) is 26.8. The number of rotatable bonds is 23. The van der Waals surface area contributed by atoms with Crippen LogP contribution in [0.15, 0.2) is 0 Å². The zero-order valence-electron chi connectivity index (χ0n) is 23.7. The normalized spacial score (nSPS) is 12.5. The summed E-state index contributed by atoms with van der Waals surface area (Å²) in [6.07, 6.45) is 22.1. The number of hydrogen-bond donors (Lipinski definition) is 4. The van der Waals surface area contributed by atoms with E-state index in [9.17, 15) is 14.4 Å². The molecule has 2 atom stereocenters. The van der Waals surface area contributed by atoms with Gasteiger partial charge in [0, 0.05) is 12.8 Å². The highest BCUT2D eigenvalue weighted by Gasteiger charge is 2.12. The summed E-state index contributed by atoms with van der Waals surface area (Å²) >= 11 is 0. The number of carbonyl (C=O) groups is 3. The van der Waals surface area contributed by atoms with Gasteiger partial charge in [-0.2, -0.15) is 0 Å². The number of nitrogens with zero attached hydrogens (tertiary/aromatic N) is 1. The maximum atomic E-state index is 11.9. The minimum Gasteiger partial charge on any atom is -0.481 e. The second-order valence-corrected chi connectivity index (χ2v) is 10.0. The van der Waals surface area contributed by atoms with Crippen LogP contribution in [-0.4, -0.2) is 59.3 Å². The zero-order valence-corrected chi connectivity index (χ0v) is 23.7. The Hall–Kier alpha value is -1.67. The molecule has 36 heavy (non-hydrogen) atoms. The van der Waals surface area contributed by atoms with Crippen LogP contribution < -0.4 is 11.1 Å². The molecule has 214 valence electrons. The summed E-state index contributed by atoms with van der Waals surface area (Å²) in [5, 5.41) is 19.4. The number of amides is 1. The van der Waals surface area contributed by atoms with E-state index in [1.807, 2.05) is 14.1 Å². The Morgan fingerprint density at radius 3 is 1.47 bits per heavy atom. The Bertz CT molecular complexity index is 543. The van der Waals surface area contributed by atoms with E-state index in [0.29, 0.717) is 6.42 Å². The van der Waals surface area contributed by atoms with Crippen LogP contribution in [-0.2, 0) is 14.4 Å². The molecule has 0 heterocycles. The molecule has 0 bridgehead atoms. The van der Waals surface area contributed by atoms with Crippen LogP contribution in [0, 0.1) is 0 Å². The number of carbonyl (C=O) groups excluding carboxylic acids is 1. The maximum absolute atomic E-state index is 11.9. The second-order valence-electron chi connectivity index (χ2n) is 10.0. The third-order valence-corrected chi connectivity index (χ3v) is 6.33. The molecule has 8 nitrogen and oxygen atoms in total. The second kappa shape index (κ2) is 26.4. The molecule has 0 saturated carbocycles. The number of carboxylic acid groups (broad SMARTS) is 2. The van der Waals surface area contributed by atoms with E-state index < -0.39 is 18.0 Å². The molecule has 0 rings (SSSR count). The van der Waals surface area contributed by atoms with E-state index >= 15 is 0 Å². The third kappa shape index (κ3) is 26.9. The van der Waals surface area contributed by atoms with Crippen LogP contribution in [0.1, 0.15) is 136 Å². The minimum atomic E-state index is -1.17. The third-order valence-electron chi connectivity index (χ3n) is 6.33. The largest absolute Gasteiger partial charge is 0.481 e. The lowest BCUT2D eigenvalue weighted by atomic mass is 10.0. The summed E-state index contributed by atoms with van der Waals surface area (Å²) in [6.45, 7) is 4.39. The predicted octanol–water partition coefficient (Wildman–Crippen LogP) is 5.92. The lowest BCUT2D eigenvalue weighted by molar-refractivity contribution is -0.139. The average molecular weight is 516 g/mol. The summed E-state index contributed by atoms with van der Waals surface area (Å²) in [6, 6.07) is -1.06. The van der Waals surface area contributed by atoms with Crippen molar-refractivity contribution in [2.24, 2.45) is 5.73 Å². The van der Waals surface area contributed by atoms with Crippen LogP contribution in [0.25, 0.3) is 0 Å². The van der Waals surface area contributed by atoms with Crippen LogP contribution >= 0.6 is 0 Å². The first-order chi connectivity index (χ1) is 17.1. The quantitative estimate of drug-likeness (QED) is 0.0979. The Morgan fingerprint density at radius 1 is 0.722 bits per heavy atom. The first-order valence-electron chi connectivity index (χ1n) is 14.3. The molecule has 0 aromatic heterocycles. The first kappa shape index (κ1) is 36.5. The van der Waals surface area contributed by atoms with Crippen molar-refractivity contribution < 1.29 is 24.6 Å². The summed E-state index contributed by atoms with van der Waals surface area (Å²) in [7, 11) is 4.03. The number of hydrogen-bond acceptors (Lipinski definition) is 5. The first-order valence-corrected chi connectivity index (χ1v) is 14.3. The van der Waals surface area contributed by atoms with Crippen molar-refractivity contribution in [1.82, 2.24) is 10.2 Å². The van der Waals surface area contributed by atoms with Gasteiger partial charge in [0.15, 0.2) is 0 Å². The van der Waals surface area contributed by atoms with Crippen LogP contribution in [0.3, 0.4) is 0 Å². The van der Waals surface area contributed by atoms with Gasteiger partial charge in [-0.3, -0.25) is 19.3 Å². The molecule has 0 aromatic rings. The van der Waals surface area contributed by atoms with Gasteiger partial charge in [-0.05, 0) is 33.4 Å². The van der Waals surface area contributed by atoms with Crippen molar-refractivity contribution in [1.29, 1.82) is 0 Å². The summed E-state index contributed by atoms with van der Waals surface area (Å²) in [5.41, 5.74) is 5.00. The number of nitrogens with one attached hydrogen (secondary N) is 1. The van der Waals surface area contributed by atoms with Gasteiger partial charge in [0.2, 0.25) is 5.91 Å². The van der Waals surface area contributed by atoms with E-state index in [-0.39, 0.29) is 24.9 Å². The standard InChI is InChI=1S/C23H48N2O.C5H9NO4/c1-5-7-8-9-10-11-12-13-14-15-16-17-18-19-20-21-23(26)24-22(6-2)25(3)4;6-3(5(9)10)1-2-4(7)8/h22H,5-21H2,1-4H3,(H,24,26);3H,1-2,6H2,(H,7,8)(H,9,10)/t;3-/m.0/s1. The average Bonchev–Trinajstić information content (AvgIpc) is 2.83. The van der Waals surface area contributed by atoms with Gasteiger partial charge in [0.25, 0.3) is 0 Å². The molecule has 1 amide bonds. The maximum Gasteiger partial charge on any atom is 0.320 e. The molecular weight excluding hydrogens is 458 g/mol. The van der Waals surface area contributed by atoms with Gasteiger partial charge >= 0.3 is 11.9 Å². The molecule has 1 unspecified atom stereocenters. The van der Waals surface area contributed by atoms with Crippen molar-refractivity contribution in [2.45, 2.75) is 148 Å². The van der Waals surface area contributed by atoms with Gasteiger partial charge in [0.1, 0.15) is 6.04 Å². The van der Waals surface area contributed by atoms with Crippen LogP contribution in [0.4, 0.5) is 0 Å². The SMILES string of the molecule is CCCCCCCCCCCCCCCCCC(=O)NC(CC)N(C)C.N[C@@H](CCC(=O)O)C(=O)O. The zero-order chi connectivity index (χ0) is 27.6. The molecule has 8 heteroatoms. The van der Waals surface area contributed by atoms with E-state index in [1.165, 1.54) is 89.9 Å². The van der Waals surface area contributed by atoms with Gasteiger partial charge in [-0.25, -0.2) is 0 Å². The van der Waals surface area contributed by atoms with Gasteiger partial charge < -0.3 is 21.3 Å². The molecule has 0 spiro atoms. The van der Waals surface area contributed by atoms with Crippen LogP contribution in [0.5, 0.6) is 0 Å². The number of unbranched alkanes of at least 4 members (excludes halogenated alkanes) is 14. The minimum absolute atomic E-state index is 0.0231. The number of carboxylic acids is 2. The van der Waals surface area contributed by atoms with Gasteiger partial charge in [0.05, 0.1) is 6.17 Å². The number of aliphatic carboxylic acids is 2. The lowest BCUT2D eigenvalue weighted by Crippen LogP contribution is -2.44. The molecule has 0 radical (unpaired) electrons. The van der Waals surface area contributed by atoms with Gasteiger partial charge in [-0.1, -0.05) is 104 Å². The molecular formula is C28H57N3O5. The summed E-state index contributed by atoms with van der Waals surface area (Å²) in [4.78, 5) is 33.9. The van der Waals surface area contributed by atoms with E-state index in [4.69, 9.17) is 15.9 Å². The fourth-order valence-corrected chi connectivity index (χ4v) is 3.91. The lowest BCUT2D eigenvalue weighted by Gasteiger charge is -2.23. The Balaban J connectivity index is 0. The summed E-state index contributed by atoms with van der Waals surface area (Å²) < 4.78 is 0. The molecule has 0 fully saturated rings. The van der Waals surface area contributed by atoms with E-state index in [1.54, 1.807) is 0 Å². The smallest absolute Gasteiger partial charge is 0.320 e. The Labute approximate surface area is 220 Å². The highest BCUT2D eigenvalue weighted by molar-refractivity contribution is 5.76. The highest BCUT2D eigenvalue weighted by Crippen LogP contribution is 2.13. The molecule has 0 aliphatic rings. The van der Waals surface area contributed by atoms with Crippen molar-refractivity contribution in [3.05, 3.63) is 0 Å². The number of nitrogens with two attached hydrogens (primary N) is 1. The van der Waals surface area contributed by atoms with Crippen molar-refractivity contribution in [2.75, 3.05) is 14.1 Å².